The van der Waals surface area contributed by atoms with Crippen LogP contribution in [0.25, 0.3) is 0 Å². The Hall–Kier alpha value is -1.66. The van der Waals surface area contributed by atoms with E-state index >= 15 is 0 Å². The average molecular weight is 299 g/mol. The van der Waals surface area contributed by atoms with Gasteiger partial charge in [-0.05, 0) is 32.0 Å². The smallest absolute Gasteiger partial charge is 0.338 e. The maximum Gasteiger partial charge on any atom is 0.338 e. The molecule has 0 saturated carbocycles. The van der Waals surface area contributed by atoms with Gasteiger partial charge in [-0.1, -0.05) is 11.6 Å². The second kappa shape index (κ2) is 6.19. The fourth-order valence-electron chi connectivity index (χ4n) is 2.10. The molecule has 2 rings (SSSR count). The van der Waals surface area contributed by atoms with Crippen LogP contribution in [0.3, 0.4) is 0 Å². The first kappa shape index (κ1) is 14.7. The number of likely N-dealkylation sites (tertiary alicyclic amines) is 1. The second-order valence-corrected chi connectivity index (χ2v) is 5.24. The third-order valence-electron chi connectivity index (χ3n) is 3.32. The molecule has 1 aliphatic rings. The number of esters is 1. The average Bonchev–Trinajstić information content (AvgIpc) is 2.41. The third-order valence-corrected chi connectivity index (χ3v) is 3.64. The molecule has 108 valence electrons. The summed E-state index contributed by atoms with van der Waals surface area (Å²) in [5.74, 6) is -0.542. The lowest BCUT2D eigenvalue weighted by Crippen LogP contribution is -2.35. The number of ether oxygens (including phenoxy) is 1. The fraction of sp³-hybridized carbons (Fsp3) is 0.462. The molecule has 1 heterocycles. The highest BCUT2D eigenvalue weighted by Crippen LogP contribution is 2.26. The summed E-state index contributed by atoms with van der Waals surface area (Å²) >= 11 is 5.70. The number of halogens is 1. The molecule has 0 aromatic heterocycles. The quantitative estimate of drug-likeness (QED) is 0.487. The Kier molecular flexibility index (Phi) is 4.57. The highest BCUT2D eigenvalue weighted by Gasteiger charge is 2.23. The van der Waals surface area contributed by atoms with Crippen LogP contribution in [0.5, 0.6) is 0 Å². The fourth-order valence-corrected chi connectivity index (χ4v) is 2.29. The number of nitro groups is 1. The monoisotopic (exact) mass is 298 g/mol. The van der Waals surface area contributed by atoms with Crippen LogP contribution in [0.15, 0.2) is 18.2 Å². The first-order valence-electron chi connectivity index (χ1n) is 6.31. The summed E-state index contributed by atoms with van der Waals surface area (Å²) in [4.78, 5) is 24.3. The van der Waals surface area contributed by atoms with Crippen LogP contribution in [0.2, 0.25) is 5.02 Å². The first-order chi connectivity index (χ1) is 9.47. The molecule has 6 nitrogen and oxygen atoms in total. The number of piperidine rings is 1. The minimum Gasteiger partial charge on any atom is -0.459 e. The molecule has 20 heavy (non-hydrogen) atoms. The zero-order valence-corrected chi connectivity index (χ0v) is 11.8. The molecule has 1 aliphatic heterocycles. The number of rotatable bonds is 3. The van der Waals surface area contributed by atoms with Gasteiger partial charge in [0.05, 0.1) is 10.5 Å². The summed E-state index contributed by atoms with van der Waals surface area (Å²) in [5, 5.41) is 10.8. The van der Waals surface area contributed by atoms with E-state index in [4.69, 9.17) is 16.3 Å². The summed E-state index contributed by atoms with van der Waals surface area (Å²) < 4.78 is 5.37. The van der Waals surface area contributed by atoms with E-state index in [2.05, 4.69) is 4.90 Å². The summed E-state index contributed by atoms with van der Waals surface area (Å²) in [6, 6.07) is 3.93. The Morgan fingerprint density at radius 1 is 1.45 bits per heavy atom. The van der Waals surface area contributed by atoms with Gasteiger partial charge in [-0.25, -0.2) is 4.79 Å². The number of benzene rings is 1. The molecule has 1 fully saturated rings. The molecule has 0 amide bonds. The highest BCUT2D eigenvalue weighted by atomic mass is 35.5. The zero-order chi connectivity index (χ0) is 14.7. The number of hydrogen-bond acceptors (Lipinski definition) is 5. The van der Waals surface area contributed by atoms with Crippen molar-refractivity contribution in [3.05, 3.63) is 38.9 Å². The van der Waals surface area contributed by atoms with Gasteiger partial charge < -0.3 is 9.64 Å². The molecule has 7 heteroatoms. The lowest BCUT2D eigenvalue weighted by atomic mass is 10.1. The molecule has 1 saturated heterocycles. The van der Waals surface area contributed by atoms with E-state index in [0.717, 1.165) is 32.0 Å². The Balaban J connectivity index is 2.06. The number of nitro benzene ring substituents is 1. The van der Waals surface area contributed by atoms with Crippen LogP contribution in [-0.2, 0) is 4.74 Å². The number of carbonyl (C=O) groups is 1. The van der Waals surface area contributed by atoms with Crippen molar-refractivity contribution in [3.8, 4) is 0 Å². The number of nitrogens with zero attached hydrogens (tertiary/aromatic N) is 2. The van der Waals surface area contributed by atoms with E-state index in [0.29, 0.717) is 0 Å². The van der Waals surface area contributed by atoms with Crippen LogP contribution in [0.1, 0.15) is 23.2 Å². The van der Waals surface area contributed by atoms with Gasteiger partial charge in [-0.15, -0.1) is 0 Å². The minimum atomic E-state index is -0.616. The molecular formula is C13H15ClN2O4. The standard InChI is InChI=1S/C13H15ClN2O4/c1-15-6-4-10(5-7-15)20-13(17)9-2-3-11(14)12(8-9)16(18)19/h2-3,8,10H,4-7H2,1H3. The summed E-state index contributed by atoms with van der Waals surface area (Å²) in [6.07, 6.45) is 1.42. The largest absolute Gasteiger partial charge is 0.459 e. The molecule has 1 aromatic rings. The molecule has 0 atom stereocenters. The molecule has 0 N–H and O–H groups in total. The van der Waals surface area contributed by atoms with Crippen LogP contribution < -0.4 is 0 Å². The SMILES string of the molecule is CN1CCC(OC(=O)c2ccc(Cl)c([N+](=O)[O-])c2)CC1. The van der Waals surface area contributed by atoms with E-state index in [1.807, 2.05) is 7.05 Å². The van der Waals surface area contributed by atoms with Crippen molar-refractivity contribution >= 4 is 23.3 Å². The van der Waals surface area contributed by atoms with Gasteiger partial charge in [-0.3, -0.25) is 10.1 Å². The molecule has 0 spiro atoms. The van der Waals surface area contributed by atoms with E-state index < -0.39 is 10.9 Å². The van der Waals surface area contributed by atoms with Gasteiger partial charge >= 0.3 is 5.97 Å². The van der Waals surface area contributed by atoms with Gasteiger partial charge in [0.15, 0.2) is 0 Å². The van der Waals surface area contributed by atoms with Gasteiger partial charge in [-0.2, -0.15) is 0 Å². The third kappa shape index (κ3) is 3.46. The van der Waals surface area contributed by atoms with Crippen LogP contribution in [0.4, 0.5) is 5.69 Å². The summed E-state index contributed by atoms with van der Waals surface area (Å²) in [7, 11) is 2.01. The first-order valence-corrected chi connectivity index (χ1v) is 6.68. The Labute approximate surface area is 121 Å². The summed E-state index contributed by atoms with van der Waals surface area (Å²) in [5.41, 5.74) is -0.135. The molecule has 0 bridgehead atoms. The van der Waals surface area contributed by atoms with E-state index in [9.17, 15) is 14.9 Å². The van der Waals surface area contributed by atoms with Crippen LogP contribution in [-0.4, -0.2) is 42.0 Å². The van der Waals surface area contributed by atoms with Gasteiger partial charge in [0.2, 0.25) is 0 Å². The van der Waals surface area contributed by atoms with Crippen molar-refractivity contribution in [1.82, 2.24) is 4.90 Å². The van der Waals surface area contributed by atoms with Crippen molar-refractivity contribution in [2.24, 2.45) is 0 Å². The van der Waals surface area contributed by atoms with Crippen molar-refractivity contribution in [1.29, 1.82) is 0 Å². The molecule has 0 aliphatic carbocycles. The molecule has 0 radical (unpaired) electrons. The van der Waals surface area contributed by atoms with Crippen LogP contribution >= 0.6 is 11.6 Å². The second-order valence-electron chi connectivity index (χ2n) is 4.83. The Morgan fingerprint density at radius 2 is 2.10 bits per heavy atom. The van der Waals surface area contributed by atoms with Gasteiger partial charge in [0.1, 0.15) is 11.1 Å². The van der Waals surface area contributed by atoms with Crippen molar-refractivity contribution in [3.63, 3.8) is 0 Å². The predicted molar refractivity (Wildman–Crippen MR) is 74.0 cm³/mol. The number of carbonyl (C=O) groups excluding carboxylic acids is 1. The molecular weight excluding hydrogens is 284 g/mol. The van der Waals surface area contributed by atoms with E-state index in [-0.39, 0.29) is 22.4 Å². The normalized spacial score (nSPS) is 16.9. The maximum atomic E-state index is 12.0. The van der Waals surface area contributed by atoms with Crippen molar-refractivity contribution in [2.45, 2.75) is 18.9 Å². The highest BCUT2D eigenvalue weighted by molar-refractivity contribution is 6.32. The minimum absolute atomic E-state index is 0.00541. The summed E-state index contributed by atoms with van der Waals surface area (Å²) in [6.45, 7) is 1.75. The van der Waals surface area contributed by atoms with Gasteiger partial charge in [0, 0.05) is 19.2 Å². The van der Waals surface area contributed by atoms with Crippen molar-refractivity contribution < 1.29 is 14.5 Å². The van der Waals surface area contributed by atoms with Crippen LogP contribution in [0, 0.1) is 10.1 Å². The Morgan fingerprint density at radius 3 is 2.70 bits per heavy atom. The lowest BCUT2D eigenvalue weighted by molar-refractivity contribution is -0.384. The zero-order valence-electron chi connectivity index (χ0n) is 11.0. The molecule has 1 aromatic carbocycles. The topological polar surface area (TPSA) is 72.7 Å². The Bertz CT molecular complexity index is 527. The lowest BCUT2D eigenvalue weighted by Gasteiger charge is -2.28. The number of hydrogen-bond donors (Lipinski definition) is 0. The predicted octanol–water partition coefficient (Wildman–Crippen LogP) is 2.50. The molecule has 0 unspecified atom stereocenters. The van der Waals surface area contributed by atoms with Gasteiger partial charge in [0.25, 0.3) is 5.69 Å². The van der Waals surface area contributed by atoms with E-state index in [1.54, 1.807) is 0 Å². The van der Waals surface area contributed by atoms with E-state index in [1.165, 1.54) is 12.1 Å². The maximum absolute atomic E-state index is 12.0. The van der Waals surface area contributed by atoms with Crippen molar-refractivity contribution in [2.75, 3.05) is 20.1 Å².